The molecule has 2 aromatic rings. The SMILES string of the molecule is O=C(Nc1cccc(CS(=O)C2CCOCC2)c1)c1cc(Cl)ccc1Cl. The molecule has 0 radical (unpaired) electrons. The van der Waals surface area contributed by atoms with E-state index in [-0.39, 0.29) is 11.2 Å². The Kier molecular flexibility index (Phi) is 6.70. The molecule has 3 rings (SSSR count). The molecule has 0 aliphatic carbocycles. The molecule has 1 heterocycles. The average Bonchev–Trinajstić information content (AvgIpc) is 2.64. The number of anilines is 1. The van der Waals surface area contributed by atoms with E-state index in [0.717, 1.165) is 18.4 Å². The maximum atomic E-state index is 12.5. The van der Waals surface area contributed by atoms with Crippen LogP contribution in [-0.2, 0) is 21.3 Å². The normalized spacial score (nSPS) is 16.2. The van der Waals surface area contributed by atoms with Gasteiger partial charge in [0.15, 0.2) is 0 Å². The monoisotopic (exact) mass is 411 g/mol. The summed E-state index contributed by atoms with van der Waals surface area (Å²) in [6, 6.07) is 12.1. The quantitative estimate of drug-likeness (QED) is 0.777. The zero-order chi connectivity index (χ0) is 18.5. The molecular formula is C19H19Cl2NO3S. The molecule has 4 nitrogen and oxygen atoms in total. The van der Waals surface area contributed by atoms with Crippen molar-refractivity contribution in [2.45, 2.75) is 23.8 Å². The molecule has 26 heavy (non-hydrogen) atoms. The van der Waals surface area contributed by atoms with Crippen LogP contribution in [0.1, 0.15) is 28.8 Å². The highest BCUT2D eigenvalue weighted by atomic mass is 35.5. The van der Waals surface area contributed by atoms with Crippen LogP contribution in [0.15, 0.2) is 42.5 Å². The second-order valence-electron chi connectivity index (χ2n) is 6.12. The van der Waals surface area contributed by atoms with E-state index in [1.165, 1.54) is 6.07 Å². The summed E-state index contributed by atoms with van der Waals surface area (Å²) in [5, 5.41) is 3.77. The van der Waals surface area contributed by atoms with Crippen molar-refractivity contribution in [2.75, 3.05) is 18.5 Å². The third kappa shape index (κ3) is 5.07. The molecular weight excluding hydrogens is 393 g/mol. The van der Waals surface area contributed by atoms with Gasteiger partial charge in [-0.05, 0) is 48.7 Å². The van der Waals surface area contributed by atoms with Crippen molar-refractivity contribution in [1.29, 1.82) is 0 Å². The number of hydrogen-bond donors (Lipinski definition) is 1. The second kappa shape index (κ2) is 9.00. The van der Waals surface area contributed by atoms with E-state index in [9.17, 15) is 9.00 Å². The first-order valence-electron chi connectivity index (χ1n) is 8.33. The van der Waals surface area contributed by atoms with E-state index in [2.05, 4.69) is 5.32 Å². The van der Waals surface area contributed by atoms with Crippen molar-refractivity contribution < 1.29 is 13.7 Å². The van der Waals surface area contributed by atoms with Crippen LogP contribution in [0.3, 0.4) is 0 Å². The van der Waals surface area contributed by atoms with Gasteiger partial charge in [-0.3, -0.25) is 9.00 Å². The van der Waals surface area contributed by atoms with Crippen molar-refractivity contribution in [1.82, 2.24) is 0 Å². The van der Waals surface area contributed by atoms with Crippen LogP contribution in [0.2, 0.25) is 10.0 Å². The smallest absolute Gasteiger partial charge is 0.257 e. The molecule has 1 atom stereocenters. The lowest BCUT2D eigenvalue weighted by Gasteiger charge is -2.21. The Hall–Kier alpha value is -1.40. The first-order valence-corrected chi connectivity index (χ1v) is 10.5. The molecule has 0 bridgehead atoms. The molecule has 0 aromatic heterocycles. The Balaban J connectivity index is 1.68. The fraction of sp³-hybridized carbons (Fsp3) is 0.316. The molecule has 1 amide bonds. The summed E-state index contributed by atoms with van der Waals surface area (Å²) in [4.78, 5) is 12.4. The van der Waals surface area contributed by atoms with E-state index in [1.807, 2.05) is 18.2 Å². The highest BCUT2D eigenvalue weighted by Gasteiger charge is 2.20. The number of rotatable bonds is 5. The topological polar surface area (TPSA) is 55.4 Å². The van der Waals surface area contributed by atoms with Crippen LogP contribution < -0.4 is 5.32 Å². The first-order chi connectivity index (χ1) is 12.5. The van der Waals surface area contributed by atoms with Crippen LogP contribution in [0, 0.1) is 0 Å². The van der Waals surface area contributed by atoms with Crippen molar-refractivity contribution >= 4 is 45.6 Å². The average molecular weight is 412 g/mol. The molecule has 7 heteroatoms. The van der Waals surface area contributed by atoms with E-state index in [4.69, 9.17) is 27.9 Å². The van der Waals surface area contributed by atoms with Gasteiger partial charge in [0.2, 0.25) is 0 Å². The van der Waals surface area contributed by atoms with Crippen LogP contribution in [0.25, 0.3) is 0 Å². The molecule has 1 fully saturated rings. The van der Waals surface area contributed by atoms with Gasteiger partial charge in [0, 0.05) is 45.7 Å². The second-order valence-corrected chi connectivity index (χ2v) is 8.68. The van der Waals surface area contributed by atoms with Crippen molar-refractivity contribution in [3.05, 3.63) is 63.6 Å². The number of hydrogen-bond acceptors (Lipinski definition) is 3. The summed E-state index contributed by atoms with van der Waals surface area (Å²) < 4.78 is 17.9. The Morgan fingerprint density at radius 1 is 1.15 bits per heavy atom. The first kappa shape index (κ1) is 19.4. The fourth-order valence-electron chi connectivity index (χ4n) is 2.83. The molecule has 0 spiro atoms. The third-order valence-electron chi connectivity index (χ3n) is 4.21. The summed E-state index contributed by atoms with van der Waals surface area (Å²) >= 11 is 12.0. The maximum Gasteiger partial charge on any atom is 0.257 e. The summed E-state index contributed by atoms with van der Waals surface area (Å²) in [7, 11) is -0.952. The Morgan fingerprint density at radius 3 is 2.69 bits per heavy atom. The minimum absolute atomic E-state index is 0.173. The number of benzene rings is 2. The molecule has 1 unspecified atom stereocenters. The molecule has 1 aliphatic heterocycles. The Morgan fingerprint density at radius 2 is 1.92 bits per heavy atom. The van der Waals surface area contributed by atoms with E-state index >= 15 is 0 Å². The zero-order valence-corrected chi connectivity index (χ0v) is 16.4. The Labute approximate surface area is 165 Å². The highest BCUT2D eigenvalue weighted by Crippen LogP contribution is 2.23. The van der Waals surface area contributed by atoms with Gasteiger partial charge in [0.05, 0.1) is 10.6 Å². The molecule has 138 valence electrons. The summed E-state index contributed by atoms with van der Waals surface area (Å²) in [5.41, 5.74) is 1.87. The lowest BCUT2D eigenvalue weighted by atomic mass is 10.2. The van der Waals surface area contributed by atoms with Gasteiger partial charge in [0.1, 0.15) is 0 Å². The van der Waals surface area contributed by atoms with Gasteiger partial charge in [-0.15, -0.1) is 0 Å². The summed E-state index contributed by atoms with van der Waals surface area (Å²) in [5.74, 6) is 0.131. The highest BCUT2D eigenvalue weighted by molar-refractivity contribution is 7.84. The van der Waals surface area contributed by atoms with Crippen molar-refractivity contribution in [2.24, 2.45) is 0 Å². The minimum Gasteiger partial charge on any atom is -0.381 e. The maximum absolute atomic E-state index is 12.5. The van der Waals surface area contributed by atoms with E-state index < -0.39 is 10.8 Å². The molecule has 1 aliphatic rings. The predicted octanol–water partition coefficient (Wildman–Crippen LogP) is 4.67. The summed E-state index contributed by atoms with van der Waals surface area (Å²) in [6.45, 7) is 1.35. The predicted molar refractivity (Wildman–Crippen MR) is 107 cm³/mol. The van der Waals surface area contributed by atoms with E-state index in [1.54, 1.807) is 18.2 Å². The standard InChI is InChI=1S/C19H19Cl2NO3S/c20-14-4-5-18(21)17(11-14)19(23)22-15-3-1-2-13(10-15)12-26(24)16-6-8-25-9-7-16/h1-5,10-11,16H,6-9,12H2,(H,22,23). The van der Waals surface area contributed by atoms with Crippen molar-refractivity contribution in [3.8, 4) is 0 Å². The number of halogens is 2. The lowest BCUT2D eigenvalue weighted by molar-refractivity contribution is 0.0991. The van der Waals surface area contributed by atoms with Gasteiger partial charge in [-0.25, -0.2) is 0 Å². The van der Waals surface area contributed by atoms with E-state index in [0.29, 0.717) is 40.3 Å². The fourth-order valence-corrected chi connectivity index (χ4v) is 4.67. The number of amides is 1. The molecule has 0 saturated carbocycles. The lowest BCUT2D eigenvalue weighted by Crippen LogP contribution is -2.25. The van der Waals surface area contributed by atoms with Crippen molar-refractivity contribution in [3.63, 3.8) is 0 Å². The van der Waals surface area contributed by atoms with Gasteiger partial charge in [-0.2, -0.15) is 0 Å². The van der Waals surface area contributed by atoms with Crippen LogP contribution in [-0.4, -0.2) is 28.6 Å². The third-order valence-corrected chi connectivity index (χ3v) is 6.60. The zero-order valence-electron chi connectivity index (χ0n) is 14.0. The van der Waals surface area contributed by atoms with Gasteiger partial charge in [0.25, 0.3) is 5.91 Å². The largest absolute Gasteiger partial charge is 0.381 e. The van der Waals surface area contributed by atoms with Crippen LogP contribution in [0.5, 0.6) is 0 Å². The van der Waals surface area contributed by atoms with Gasteiger partial charge >= 0.3 is 0 Å². The van der Waals surface area contributed by atoms with Gasteiger partial charge < -0.3 is 10.1 Å². The number of nitrogens with one attached hydrogen (secondary N) is 1. The molecule has 2 aromatic carbocycles. The van der Waals surface area contributed by atoms with Crippen LogP contribution >= 0.6 is 23.2 Å². The minimum atomic E-state index is -0.952. The Bertz CT molecular complexity index is 822. The molecule has 1 N–H and O–H groups in total. The molecule has 1 saturated heterocycles. The number of ether oxygens (including phenoxy) is 1. The summed E-state index contributed by atoms with van der Waals surface area (Å²) in [6.07, 6.45) is 1.66. The number of carbonyl (C=O) groups excluding carboxylic acids is 1. The van der Waals surface area contributed by atoms with Gasteiger partial charge in [-0.1, -0.05) is 35.3 Å². The van der Waals surface area contributed by atoms with Crippen LogP contribution in [0.4, 0.5) is 5.69 Å². The number of carbonyl (C=O) groups is 1.